The molecule has 0 aliphatic heterocycles. The first-order valence-electron chi connectivity index (χ1n) is 6.97. The normalized spacial score (nSPS) is 10.0. The van der Waals surface area contributed by atoms with E-state index in [4.69, 9.17) is 16.3 Å². The van der Waals surface area contributed by atoms with Crippen molar-refractivity contribution in [1.29, 1.82) is 0 Å². The van der Waals surface area contributed by atoms with Crippen LogP contribution in [-0.2, 0) is 4.74 Å². The highest BCUT2D eigenvalue weighted by atomic mass is 35.5. The maximum Gasteiger partial charge on any atom is 0.337 e. The summed E-state index contributed by atoms with van der Waals surface area (Å²) in [6.45, 7) is 2.34. The summed E-state index contributed by atoms with van der Waals surface area (Å²) >= 11 is 6.07. The van der Waals surface area contributed by atoms with Crippen LogP contribution in [0.15, 0.2) is 42.5 Å². The lowest BCUT2D eigenvalue weighted by Crippen LogP contribution is -2.12. The van der Waals surface area contributed by atoms with E-state index in [1.807, 2.05) is 6.92 Å². The van der Waals surface area contributed by atoms with Crippen LogP contribution in [0.25, 0.3) is 0 Å². The molecule has 23 heavy (non-hydrogen) atoms. The van der Waals surface area contributed by atoms with E-state index < -0.39 is 5.97 Å². The molecular weight excluding hydrogens is 318 g/mol. The van der Waals surface area contributed by atoms with E-state index in [1.165, 1.54) is 13.2 Å². The molecule has 0 aliphatic carbocycles. The summed E-state index contributed by atoms with van der Waals surface area (Å²) in [5, 5.41) is 3.07. The van der Waals surface area contributed by atoms with Gasteiger partial charge in [0.1, 0.15) is 5.75 Å². The summed E-state index contributed by atoms with van der Waals surface area (Å²) in [5.74, 6) is -0.277. The van der Waals surface area contributed by atoms with Crippen LogP contribution >= 0.6 is 11.6 Å². The molecular formula is C17H16ClNO4. The molecule has 0 bridgehead atoms. The Morgan fingerprint density at radius 1 is 1.13 bits per heavy atom. The van der Waals surface area contributed by atoms with Crippen molar-refractivity contribution in [2.75, 3.05) is 19.0 Å². The highest BCUT2D eigenvalue weighted by Gasteiger charge is 2.11. The number of ether oxygens (including phenoxy) is 2. The van der Waals surface area contributed by atoms with Crippen molar-refractivity contribution in [2.45, 2.75) is 6.92 Å². The van der Waals surface area contributed by atoms with E-state index in [-0.39, 0.29) is 5.91 Å². The number of hydrogen-bond acceptors (Lipinski definition) is 4. The molecule has 0 saturated heterocycles. The zero-order valence-corrected chi connectivity index (χ0v) is 13.5. The molecule has 2 aromatic rings. The minimum atomic E-state index is -0.467. The first kappa shape index (κ1) is 16.8. The molecule has 0 fully saturated rings. The Hall–Kier alpha value is -2.53. The number of carbonyl (C=O) groups excluding carboxylic acids is 2. The lowest BCUT2D eigenvalue weighted by molar-refractivity contribution is 0.0600. The number of esters is 1. The number of halogens is 1. The second kappa shape index (κ2) is 7.65. The fraction of sp³-hybridized carbons (Fsp3) is 0.176. The molecule has 0 spiro atoms. The van der Waals surface area contributed by atoms with E-state index in [9.17, 15) is 9.59 Å². The minimum Gasteiger partial charge on any atom is -0.492 e. The monoisotopic (exact) mass is 333 g/mol. The van der Waals surface area contributed by atoms with Crippen molar-refractivity contribution in [1.82, 2.24) is 0 Å². The van der Waals surface area contributed by atoms with Crippen LogP contribution in [0.1, 0.15) is 27.6 Å². The van der Waals surface area contributed by atoms with Gasteiger partial charge in [-0.15, -0.1) is 0 Å². The number of carbonyl (C=O) groups is 2. The van der Waals surface area contributed by atoms with Crippen molar-refractivity contribution in [3.8, 4) is 5.75 Å². The van der Waals surface area contributed by atoms with Gasteiger partial charge in [-0.05, 0) is 43.3 Å². The van der Waals surface area contributed by atoms with Crippen LogP contribution in [0.2, 0.25) is 5.02 Å². The van der Waals surface area contributed by atoms with Crippen molar-refractivity contribution >= 4 is 29.2 Å². The summed E-state index contributed by atoms with van der Waals surface area (Å²) in [4.78, 5) is 23.8. The molecule has 0 aromatic heterocycles. The van der Waals surface area contributed by atoms with Gasteiger partial charge in [-0.1, -0.05) is 17.7 Å². The SMILES string of the molecule is CCOc1ccc(C(=O)Nc2cccc(C(=O)OC)c2)cc1Cl. The molecule has 6 heteroatoms. The van der Waals surface area contributed by atoms with Crippen molar-refractivity contribution < 1.29 is 19.1 Å². The third-order valence-corrected chi connectivity index (χ3v) is 3.33. The Balaban J connectivity index is 2.16. The minimum absolute atomic E-state index is 0.336. The first-order valence-corrected chi connectivity index (χ1v) is 7.35. The molecule has 0 unspecified atom stereocenters. The Morgan fingerprint density at radius 2 is 1.91 bits per heavy atom. The molecule has 0 radical (unpaired) electrons. The average molecular weight is 334 g/mol. The molecule has 0 aliphatic rings. The third-order valence-electron chi connectivity index (χ3n) is 3.04. The third kappa shape index (κ3) is 4.23. The smallest absolute Gasteiger partial charge is 0.337 e. The Bertz CT molecular complexity index is 730. The predicted octanol–water partition coefficient (Wildman–Crippen LogP) is 3.78. The van der Waals surface area contributed by atoms with Crippen molar-refractivity contribution in [2.24, 2.45) is 0 Å². The lowest BCUT2D eigenvalue weighted by atomic mass is 10.1. The summed E-state index contributed by atoms with van der Waals surface area (Å²) < 4.78 is 9.98. The van der Waals surface area contributed by atoms with Gasteiger partial charge in [0.25, 0.3) is 5.91 Å². The summed E-state index contributed by atoms with van der Waals surface area (Å²) in [5.41, 5.74) is 1.24. The van der Waals surface area contributed by atoms with Gasteiger partial charge in [0.15, 0.2) is 0 Å². The second-order valence-corrected chi connectivity index (χ2v) is 5.01. The van der Waals surface area contributed by atoms with E-state index >= 15 is 0 Å². The average Bonchev–Trinajstić information content (AvgIpc) is 2.56. The van der Waals surface area contributed by atoms with Gasteiger partial charge < -0.3 is 14.8 Å². The zero-order chi connectivity index (χ0) is 16.8. The molecule has 1 amide bonds. The summed E-state index contributed by atoms with van der Waals surface area (Å²) in [6.07, 6.45) is 0. The van der Waals surface area contributed by atoms with Crippen LogP contribution in [0.4, 0.5) is 5.69 Å². The van der Waals surface area contributed by atoms with Crippen LogP contribution in [0, 0.1) is 0 Å². The van der Waals surface area contributed by atoms with Crippen LogP contribution in [0.5, 0.6) is 5.75 Å². The number of anilines is 1. The van der Waals surface area contributed by atoms with Crippen LogP contribution in [-0.4, -0.2) is 25.6 Å². The fourth-order valence-corrected chi connectivity index (χ4v) is 2.19. The molecule has 0 heterocycles. The molecule has 120 valence electrons. The number of rotatable bonds is 5. The fourth-order valence-electron chi connectivity index (χ4n) is 1.96. The van der Waals surface area contributed by atoms with Gasteiger partial charge >= 0.3 is 5.97 Å². The lowest BCUT2D eigenvalue weighted by Gasteiger charge is -2.09. The van der Waals surface area contributed by atoms with Crippen LogP contribution < -0.4 is 10.1 Å². The number of hydrogen-bond donors (Lipinski definition) is 1. The highest BCUT2D eigenvalue weighted by molar-refractivity contribution is 6.32. The Morgan fingerprint density at radius 3 is 2.57 bits per heavy atom. The van der Waals surface area contributed by atoms with Gasteiger partial charge in [0.05, 0.1) is 24.3 Å². The van der Waals surface area contributed by atoms with Gasteiger partial charge in [-0.25, -0.2) is 4.79 Å². The van der Waals surface area contributed by atoms with E-state index in [0.717, 1.165) is 0 Å². The first-order chi connectivity index (χ1) is 11.0. The molecule has 2 aromatic carbocycles. The maximum atomic E-state index is 12.3. The number of amides is 1. The van der Waals surface area contributed by atoms with Gasteiger partial charge in [0, 0.05) is 11.3 Å². The highest BCUT2D eigenvalue weighted by Crippen LogP contribution is 2.26. The largest absolute Gasteiger partial charge is 0.492 e. The second-order valence-electron chi connectivity index (χ2n) is 4.60. The predicted molar refractivity (Wildman–Crippen MR) is 88.4 cm³/mol. The summed E-state index contributed by atoms with van der Waals surface area (Å²) in [7, 11) is 1.30. The van der Waals surface area contributed by atoms with Crippen molar-refractivity contribution in [3.05, 3.63) is 58.6 Å². The molecule has 1 N–H and O–H groups in total. The Kier molecular flexibility index (Phi) is 5.60. The number of methoxy groups -OCH3 is 1. The maximum absolute atomic E-state index is 12.3. The van der Waals surface area contributed by atoms with E-state index in [2.05, 4.69) is 10.1 Å². The van der Waals surface area contributed by atoms with E-state index in [1.54, 1.807) is 36.4 Å². The van der Waals surface area contributed by atoms with Gasteiger partial charge in [0.2, 0.25) is 0 Å². The van der Waals surface area contributed by atoms with E-state index in [0.29, 0.717) is 34.2 Å². The topological polar surface area (TPSA) is 64.6 Å². The standard InChI is InChI=1S/C17H16ClNO4/c1-3-23-15-8-7-11(10-14(15)18)16(20)19-13-6-4-5-12(9-13)17(21)22-2/h4-10H,3H2,1-2H3,(H,19,20). The molecule has 5 nitrogen and oxygen atoms in total. The number of nitrogens with one attached hydrogen (secondary N) is 1. The molecule has 0 atom stereocenters. The van der Waals surface area contributed by atoms with Crippen molar-refractivity contribution in [3.63, 3.8) is 0 Å². The molecule has 0 saturated carbocycles. The quantitative estimate of drug-likeness (QED) is 0.846. The summed E-state index contributed by atoms with van der Waals surface area (Å²) in [6, 6.07) is 11.3. The van der Waals surface area contributed by atoms with Gasteiger partial charge in [-0.2, -0.15) is 0 Å². The zero-order valence-electron chi connectivity index (χ0n) is 12.8. The molecule has 2 rings (SSSR count). The number of benzene rings is 2. The Labute approximate surface area is 139 Å². The van der Waals surface area contributed by atoms with Gasteiger partial charge in [-0.3, -0.25) is 4.79 Å². The van der Waals surface area contributed by atoms with Crippen LogP contribution in [0.3, 0.4) is 0 Å².